The minimum Gasteiger partial charge on any atom is -0.480 e. The predicted octanol–water partition coefficient (Wildman–Crippen LogP) is 2.14. The number of carboxylic acid groups (broad SMARTS) is 1. The first kappa shape index (κ1) is 12.7. The molecule has 1 N–H and O–H groups in total. The molecule has 0 aliphatic carbocycles. The lowest BCUT2D eigenvalue weighted by atomic mass is 10.0. The van der Waals surface area contributed by atoms with E-state index in [1.165, 1.54) is 17.4 Å². The zero-order chi connectivity index (χ0) is 13.0. The molecule has 5 heteroatoms. The SMILES string of the molecule is O=C(O)C1CCCCCCN1C(=O)c1ccoc1. The number of carbonyl (C=O) groups is 2. The van der Waals surface area contributed by atoms with Crippen molar-refractivity contribution in [3.05, 3.63) is 24.2 Å². The standard InChI is InChI=1S/C13H17NO4/c15-12(10-6-8-18-9-10)14-7-4-2-1-3-5-11(14)13(16)17/h6,8-9,11H,1-5,7H2,(H,16,17). The van der Waals surface area contributed by atoms with Crippen LogP contribution < -0.4 is 0 Å². The molecule has 0 bridgehead atoms. The average Bonchev–Trinajstić information content (AvgIpc) is 2.80. The van der Waals surface area contributed by atoms with Gasteiger partial charge >= 0.3 is 5.97 Å². The van der Waals surface area contributed by atoms with Crippen LogP contribution in [-0.2, 0) is 4.79 Å². The van der Waals surface area contributed by atoms with Crippen molar-refractivity contribution in [2.75, 3.05) is 6.54 Å². The predicted molar refractivity (Wildman–Crippen MR) is 64.3 cm³/mol. The Morgan fingerprint density at radius 1 is 1.28 bits per heavy atom. The van der Waals surface area contributed by atoms with Crippen molar-refractivity contribution in [1.29, 1.82) is 0 Å². The Bertz CT molecular complexity index is 413. The van der Waals surface area contributed by atoms with Gasteiger partial charge in [-0.05, 0) is 18.9 Å². The van der Waals surface area contributed by atoms with Gasteiger partial charge in [0.25, 0.3) is 5.91 Å². The van der Waals surface area contributed by atoms with E-state index < -0.39 is 12.0 Å². The topological polar surface area (TPSA) is 70.8 Å². The van der Waals surface area contributed by atoms with E-state index >= 15 is 0 Å². The fraction of sp³-hybridized carbons (Fsp3) is 0.538. The molecule has 1 amide bonds. The van der Waals surface area contributed by atoms with Crippen molar-refractivity contribution >= 4 is 11.9 Å². The summed E-state index contributed by atoms with van der Waals surface area (Å²) in [7, 11) is 0. The van der Waals surface area contributed by atoms with Crippen LogP contribution in [0.2, 0.25) is 0 Å². The van der Waals surface area contributed by atoms with Gasteiger partial charge < -0.3 is 14.4 Å². The second-order valence-electron chi connectivity index (χ2n) is 4.57. The Morgan fingerprint density at radius 2 is 2.06 bits per heavy atom. The van der Waals surface area contributed by atoms with Crippen molar-refractivity contribution in [2.24, 2.45) is 0 Å². The highest BCUT2D eigenvalue weighted by molar-refractivity contribution is 5.96. The number of hydrogen-bond donors (Lipinski definition) is 1. The van der Waals surface area contributed by atoms with Crippen molar-refractivity contribution in [3.63, 3.8) is 0 Å². The summed E-state index contributed by atoms with van der Waals surface area (Å²) < 4.78 is 4.88. The number of aliphatic carboxylic acids is 1. The van der Waals surface area contributed by atoms with E-state index in [1.54, 1.807) is 6.07 Å². The molecule has 1 aliphatic rings. The molecule has 1 atom stereocenters. The molecule has 1 aromatic rings. The van der Waals surface area contributed by atoms with Gasteiger partial charge in [0.2, 0.25) is 0 Å². The second-order valence-corrected chi connectivity index (χ2v) is 4.57. The Hall–Kier alpha value is -1.78. The van der Waals surface area contributed by atoms with E-state index in [9.17, 15) is 14.7 Å². The highest BCUT2D eigenvalue weighted by Gasteiger charge is 2.30. The third-order valence-electron chi connectivity index (χ3n) is 3.32. The van der Waals surface area contributed by atoms with Crippen LogP contribution in [0.5, 0.6) is 0 Å². The summed E-state index contributed by atoms with van der Waals surface area (Å²) in [5.74, 6) is -1.17. The molecule has 18 heavy (non-hydrogen) atoms. The summed E-state index contributed by atoms with van der Waals surface area (Å²) in [5.41, 5.74) is 0.418. The summed E-state index contributed by atoms with van der Waals surface area (Å²) in [5, 5.41) is 9.25. The van der Waals surface area contributed by atoms with Gasteiger partial charge in [0.05, 0.1) is 11.8 Å². The number of furan rings is 1. The first-order valence-corrected chi connectivity index (χ1v) is 6.26. The van der Waals surface area contributed by atoms with Gasteiger partial charge in [-0.15, -0.1) is 0 Å². The van der Waals surface area contributed by atoms with Crippen molar-refractivity contribution in [1.82, 2.24) is 4.90 Å². The summed E-state index contributed by atoms with van der Waals surface area (Å²) in [6, 6.07) is 0.854. The van der Waals surface area contributed by atoms with Crippen LogP contribution in [0.4, 0.5) is 0 Å². The van der Waals surface area contributed by atoms with Gasteiger partial charge in [-0.25, -0.2) is 4.79 Å². The van der Waals surface area contributed by atoms with Crippen LogP contribution in [0.25, 0.3) is 0 Å². The molecule has 1 aromatic heterocycles. The van der Waals surface area contributed by atoms with Crippen LogP contribution in [0.3, 0.4) is 0 Å². The summed E-state index contributed by atoms with van der Waals surface area (Å²) in [4.78, 5) is 25.0. The lowest BCUT2D eigenvalue weighted by Crippen LogP contribution is -2.46. The number of rotatable bonds is 2. The van der Waals surface area contributed by atoms with Crippen molar-refractivity contribution in [3.8, 4) is 0 Å². The average molecular weight is 251 g/mol. The van der Waals surface area contributed by atoms with Gasteiger partial charge in [-0.1, -0.05) is 19.3 Å². The van der Waals surface area contributed by atoms with E-state index in [0.29, 0.717) is 18.5 Å². The molecule has 1 fully saturated rings. The molecule has 98 valence electrons. The molecule has 0 radical (unpaired) electrons. The molecule has 0 aromatic carbocycles. The van der Waals surface area contributed by atoms with Gasteiger partial charge in [0.15, 0.2) is 0 Å². The quantitative estimate of drug-likeness (QED) is 0.874. The highest BCUT2D eigenvalue weighted by Crippen LogP contribution is 2.19. The number of nitrogens with zero attached hydrogens (tertiary/aromatic N) is 1. The lowest BCUT2D eigenvalue weighted by Gasteiger charge is -2.30. The summed E-state index contributed by atoms with van der Waals surface area (Å²) in [6.45, 7) is 0.501. The van der Waals surface area contributed by atoms with E-state index in [1.807, 2.05) is 0 Å². The Morgan fingerprint density at radius 3 is 2.72 bits per heavy atom. The van der Waals surface area contributed by atoms with Crippen molar-refractivity contribution < 1.29 is 19.1 Å². The Kier molecular flexibility index (Phi) is 4.02. The van der Waals surface area contributed by atoms with E-state index in [2.05, 4.69) is 0 Å². The largest absolute Gasteiger partial charge is 0.480 e. The molecular weight excluding hydrogens is 234 g/mol. The van der Waals surface area contributed by atoms with Crippen molar-refractivity contribution in [2.45, 2.75) is 38.1 Å². The minimum atomic E-state index is -0.922. The Labute approximate surface area is 105 Å². The fourth-order valence-corrected chi connectivity index (χ4v) is 2.34. The first-order valence-electron chi connectivity index (χ1n) is 6.26. The number of likely N-dealkylation sites (tertiary alicyclic amines) is 1. The third kappa shape index (κ3) is 2.72. The maximum Gasteiger partial charge on any atom is 0.326 e. The molecule has 5 nitrogen and oxygen atoms in total. The summed E-state index contributed by atoms with van der Waals surface area (Å²) >= 11 is 0. The van der Waals surface area contributed by atoms with Gasteiger partial charge in [0, 0.05) is 6.54 Å². The van der Waals surface area contributed by atoms with Gasteiger partial charge in [0.1, 0.15) is 12.3 Å². The monoisotopic (exact) mass is 251 g/mol. The summed E-state index contributed by atoms with van der Waals surface area (Å²) in [6.07, 6.45) is 7.10. The molecule has 2 rings (SSSR count). The molecule has 1 aliphatic heterocycles. The molecule has 1 saturated heterocycles. The number of carboxylic acids is 1. The third-order valence-corrected chi connectivity index (χ3v) is 3.32. The first-order chi connectivity index (χ1) is 8.70. The van der Waals surface area contributed by atoms with Crippen LogP contribution >= 0.6 is 0 Å². The maximum atomic E-state index is 12.2. The normalized spacial score (nSPS) is 21.1. The fourth-order valence-electron chi connectivity index (χ4n) is 2.34. The second kappa shape index (κ2) is 5.71. The van der Waals surface area contributed by atoms with Crippen LogP contribution in [-0.4, -0.2) is 34.5 Å². The van der Waals surface area contributed by atoms with E-state index in [0.717, 1.165) is 25.7 Å². The van der Waals surface area contributed by atoms with Gasteiger partial charge in [-0.3, -0.25) is 4.79 Å². The zero-order valence-corrected chi connectivity index (χ0v) is 10.2. The van der Waals surface area contributed by atoms with Crippen LogP contribution in [0.1, 0.15) is 42.5 Å². The maximum absolute atomic E-state index is 12.2. The van der Waals surface area contributed by atoms with Gasteiger partial charge in [-0.2, -0.15) is 0 Å². The highest BCUT2D eigenvalue weighted by atomic mass is 16.4. The van der Waals surface area contributed by atoms with E-state index in [4.69, 9.17) is 4.42 Å². The zero-order valence-electron chi connectivity index (χ0n) is 10.2. The number of carbonyl (C=O) groups excluding carboxylic acids is 1. The Balaban J connectivity index is 2.18. The molecule has 0 saturated carbocycles. The molecule has 0 spiro atoms. The number of hydrogen-bond acceptors (Lipinski definition) is 3. The van der Waals surface area contributed by atoms with E-state index in [-0.39, 0.29) is 5.91 Å². The number of amides is 1. The van der Waals surface area contributed by atoms with Crippen LogP contribution in [0.15, 0.2) is 23.0 Å². The smallest absolute Gasteiger partial charge is 0.326 e. The lowest BCUT2D eigenvalue weighted by molar-refractivity contribution is -0.142. The molecule has 2 heterocycles. The van der Waals surface area contributed by atoms with Crippen LogP contribution in [0, 0.1) is 0 Å². The molecular formula is C13H17NO4. The molecule has 1 unspecified atom stereocenters. The minimum absolute atomic E-state index is 0.252.